The highest BCUT2D eigenvalue weighted by Crippen LogP contribution is 2.40. The van der Waals surface area contributed by atoms with Crippen molar-refractivity contribution in [3.8, 4) is 5.75 Å². The maximum absolute atomic E-state index is 13.2. The zero-order chi connectivity index (χ0) is 26.2. The van der Waals surface area contributed by atoms with Gasteiger partial charge in [-0.15, -0.1) is 0 Å². The quantitative estimate of drug-likeness (QED) is 0.610. The summed E-state index contributed by atoms with van der Waals surface area (Å²) >= 11 is 0. The normalized spacial score (nSPS) is 21.5. The topological polar surface area (TPSA) is 109 Å². The summed E-state index contributed by atoms with van der Waals surface area (Å²) < 4.78 is 10.9. The van der Waals surface area contributed by atoms with Crippen LogP contribution in [-0.4, -0.2) is 67.8 Å². The minimum atomic E-state index is -0.546. The van der Waals surface area contributed by atoms with E-state index >= 15 is 0 Å². The van der Waals surface area contributed by atoms with Crippen molar-refractivity contribution in [1.82, 2.24) is 15.3 Å². The fourth-order valence-corrected chi connectivity index (χ4v) is 5.50. The summed E-state index contributed by atoms with van der Waals surface area (Å²) in [6.07, 6.45) is 7.07. The number of benzene rings is 1. The third kappa shape index (κ3) is 5.07. The molecule has 1 atom stereocenters. The van der Waals surface area contributed by atoms with E-state index in [-0.39, 0.29) is 17.9 Å². The molecule has 2 fully saturated rings. The largest absolute Gasteiger partial charge is 0.495 e. The van der Waals surface area contributed by atoms with E-state index in [1.807, 2.05) is 13.8 Å². The molecule has 1 aliphatic carbocycles. The molecule has 2 aromatic rings. The summed E-state index contributed by atoms with van der Waals surface area (Å²) in [6.45, 7) is 5.79. The van der Waals surface area contributed by atoms with Gasteiger partial charge in [-0.2, -0.15) is 4.98 Å². The molecule has 1 unspecified atom stereocenters. The van der Waals surface area contributed by atoms with Crippen molar-refractivity contribution < 1.29 is 19.1 Å². The number of fused-ring (bicyclic) bond motifs is 1. The Labute approximate surface area is 217 Å². The van der Waals surface area contributed by atoms with E-state index in [2.05, 4.69) is 20.5 Å². The second-order valence-electron chi connectivity index (χ2n) is 10.8. The Balaban J connectivity index is 1.43. The molecule has 2 amide bonds. The molecule has 198 valence electrons. The van der Waals surface area contributed by atoms with E-state index in [1.165, 1.54) is 12.8 Å². The third-order valence-electron chi connectivity index (χ3n) is 7.57. The summed E-state index contributed by atoms with van der Waals surface area (Å²) in [6, 6.07) is 5.62. The van der Waals surface area contributed by atoms with Crippen LogP contribution in [0.2, 0.25) is 0 Å². The van der Waals surface area contributed by atoms with Crippen LogP contribution in [-0.2, 0) is 9.53 Å². The number of carbonyl (C=O) groups excluding carboxylic acids is 2. The van der Waals surface area contributed by atoms with Crippen LogP contribution >= 0.6 is 0 Å². The molecule has 1 saturated heterocycles. The highest BCUT2D eigenvalue weighted by atomic mass is 16.5. The number of amides is 2. The van der Waals surface area contributed by atoms with Crippen molar-refractivity contribution in [2.75, 3.05) is 49.0 Å². The summed E-state index contributed by atoms with van der Waals surface area (Å²) in [4.78, 5) is 39.3. The first-order valence-corrected chi connectivity index (χ1v) is 13.0. The molecule has 1 saturated carbocycles. The first-order valence-electron chi connectivity index (χ1n) is 13.0. The number of nitrogens with one attached hydrogen (secondary N) is 2. The number of aromatic nitrogens is 2. The lowest BCUT2D eigenvalue weighted by Crippen LogP contribution is -2.45. The maximum Gasteiger partial charge on any atom is 0.251 e. The second kappa shape index (κ2) is 10.2. The summed E-state index contributed by atoms with van der Waals surface area (Å²) in [7, 11) is 3.36. The van der Waals surface area contributed by atoms with Crippen molar-refractivity contribution in [1.29, 1.82) is 0 Å². The first kappa shape index (κ1) is 25.3. The maximum atomic E-state index is 13.2. The first-order chi connectivity index (χ1) is 17.8. The third-order valence-corrected chi connectivity index (χ3v) is 7.57. The summed E-state index contributed by atoms with van der Waals surface area (Å²) in [5, 5.41) is 6.26. The van der Waals surface area contributed by atoms with Crippen LogP contribution in [0.25, 0.3) is 0 Å². The predicted octanol–water partition coefficient (Wildman–Crippen LogP) is 3.50. The molecule has 0 spiro atoms. The number of carbonyl (C=O) groups is 2. The highest BCUT2D eigenvalue weighted by Gasteiger charge is 2.41. The molecule has 5 rings (SSSR count). The van der Waals surface area contributed by atoms with Crippen molar-refractivity contribution in [3.05, 3.63) is 30.0 Å². The number of anilines is 4. The Hall–Kier alpha value is -3.40. The molecule has 1 aromatic heterocycles. The Morgan fingerprint density at radius 2 is 2.00 bits per heavy atom. The molecule has 1 aromatic carbocycles. The van der Waals surface area contributed by atoms with Gasteiger partial charge >= 0.3 is 0 Å². The van der Waals surface area contributed by atoms with Gasteiger partial charge in [0.05, 0.1) is 37.1 Å². The number of hydrogen-bond acceptors (Lipinski definition) is 8. The van der Waals surface area contributed by atoms with Crippen LogP contribution in [0.5, 0.6) is 5.75 Å². The number of rotatable bonds is 6. The van der Waals surface area contributed by atoms with E-state index in [1.54, 1.807) is 43.5 Å². The van der Waals surface area contributed by atoms with Crippen molar-refractivity contribution >= 4 is 35.0 Å². The molecule has 0 bridgehead atoms. The highest BCUT2D eigenvalue weighted by molar-refractivity contribution is 6.01. The minimum absolute atomic E-state index is 0.0297. The van der Waals surface area contributed by atoms with Crippen LogP contribution in [0.15, 0.2) is 24.4 Å². The Morgan fingerprint density at radius 3 is 2.70 bits per heavy atom. The standard InChI is InChI=1S/C27H36N6O4/c1-27(2)16-33(19-7-5-6-8-19)23-21(32(3)25(27)35)14-28-26(31-23)30-20-10-9-17(13-22(20)36-4)24(34)29-18-11-12-37-15-18/h9-10,13-14,18-19H,5-8,11-12,15-16H2,1-4H3,(H,29,34)(H,28,30,31). The summed E-state index contributed by atoms with van der Waals surface area (Å²) in [5.74, 6) is 1.57. The molecule has 3 heterocycles. The van der Waals surface area contributed by atoms with Gasteiger partial charge in [0.25, 0.3) is 5.91 Å². The van der Waals surface area contributed by atoms with Crippen LogP contribution in [0, 0.1) is 5.41 Å². The number of ether oxygens (including phenoxy) is 2. The molecule has 2 N–H and O–H groups in total. The molecule has 10 heteroatoms. The molecule has 3 aliphatic rings. The molecule has 37 heavy (non-hydrogen) atoms. The smallest absolute Gasteiger partial charge is 0.251 e. The van der Waals surface area contributed by atoms with Gasteiger partial charge in [0.1, 0.15) is 11.4 Å². The van der Waals surface area contributed by atoms with Crippen LogP contribution in [0.3, 0.4) is 0 Å². The number of methoxy groups -OCH3 is 1. The number of hydrogen-bond donors (Lipinski definition) is 2. The van der Waals surface area contributed by atoms with Crippen LogP contribution in [0.4, 0.5) is 23.1 Å². The second-order valence-corrected chi connectivity index (χ2v) is 10.8. The van der Waals surface area contributed by atoms with Crippen molar-refractivity contribution in [2.24, 2.45) is 5.41 Å². The Bertz CT molecular complexity index is 1170. The Kier molecular flexibility index (Phi) is 6.94. The molecule has 10 nitrogen and oxygen atoms in total. The van der Waals surface area contributed by atoms with E-state index in [4.69, 9.17) is 14.5 Å². The van der Waals surface area contributed by atoms with Gasteiger partial charge in [0, 0.05) is 31.8 Å². The van der Waals surface area contributed by atoms with Gasteiger partial charge in [0.2, 0.25) is 11.9 Å². The van der Waals surface area contributed by atoms with Gasteiger partial charge in [-0.25, -0.2) is 4.98 Å². The average Bonchev–Trinajstić information content (AvgIpc) is 3.60. The van der Waals surface area contributed by atoms with Crippen LogP contribution in [0.1, 0.15) is 56.3 Å². The average molecular weight is 509 g/mol. The monoisotopic (exact) mass is 508 g/mol. The van der Waals surface area contributed by atoms with E-state index < -0.39 is 5.41 Å². The number of nitrogens with zero attached hydrogens (tertiary/aromatic N) is 4. The molecule has 0 radical (unpaired) electrons. The van der Waals surface area contributed by atoms with Crippen molar-refractivity contribution in [3.63, 3.8) is 0 Å². The summed E-state index contributed by atoms with van der Waals surface area (Å²) in [5.41, 5.74) is 1.32. The fraction of sp³-hybridized carbons (Fsp3) is 0.556. The fourth-order valence-electron chi connectivity index (χ4n) is 5.50. The van der Waals surface area contributed by atoms with Crippen molar-refractivity contribution in [2.45, 2.75) is 58.0 Å². The van der Waals surface area contributed by atoms with E-state index in [0.717, 1.165) is 25.1 Å². The van der Waals surface area contributed by atoms with E-state index in [0.29, 0.717) is 54.4 Å². The van der Waals surface area contributed by atoms with Gasteiger partial charge in [-0.3, -0.25) is 9.59 Å². The van der Waals surface area contributed by atoms with E-state index in [9.17, 15) is 9.59 Å². The lowest BCUT2D eigenvalue weighted by atomic mass is 9.91. The van der Waals surface area contributed by atoms with Gasteiger partial charge in [-0.1, -0.05) is 12.8 Å². The van der Waals surface area contributed by atoms with Gasteiger partial charge in [0.15, 0.2) is 5.82 Å². The van der Waals surface area contributed by atoms with Gasteiger partial charge in [-0.05, 0) is 51.3 Å². The molecular weight excluding hydrogens is 472 g/mol. The lowest BCUT2D eigenvalue weighted by molar-refractivity contribution is -0.125. The van der Waals surface area contributed by atoms with Crippen LogP contribution < -0.4 is 25.2 Å². The molecule has 2 aliphatic heterocycles. The Morgan fingerprint density at radius 1 is 1.22 bits per heavy atom. The zero-order valence-electron chi connectivity index (χ0n) is 22.0. The van der Waals surface area contributed by atoms with Gasteiger partial charge < -0.3 is 29.9 Å². The predicted molar refractivity (Wildman–Crippen MR) is 142 cm³/mol. The zero-order valence-corrected chi connectivity index (χ0v) is 22.0. The minimum Gasteiger partial charge on any atom is -0.495 e. The lowest BCUT2D eigenvalue weighted by Gasteiger charge is -2.34. The SMILES string of the molecule is COc1cc(C(=O)NC2CCOC2)ccc1Nc1ncc2c(n1)N(C1CCCC1)CC(C)(C)C(=O)N2C. The molecular formula is C27H36N6O4.